The summed E-state index contributed by atoms with van der Waals surface area (Å²) in [5, 5.41) is 8.89. The number of hydrogen-bond acceptors (Lipinski definition) is 3. The molecule has 0 aliphatic rings. The molecule has 0 aromatic carbocycles. The van der Waals surface area contributed by atoms with Gasteiger partial charge < -0.3 is 5.11 Å². The van der Waals surface area contributed by atoms with Crippen LogP contribution in [-0.4, -0.2) is 43.6 Å². The highest BCUT2D eigenvalue weighted by atomic mass is 32.2. The molecular weight excluding hydrogens is 192 g/mol. The number of nitrogens with one attached hydrogen (secondary N) is 1. The Hall–Kier alpha value is -0.170. The molecule has 0 rings (SSSR count). The minimum absolute atomic E-state index is 0.0411. The Morgan fingerprint density at radius 3 is 2.15 bits per heavy atom. The van der Waals surface area contributed by atoms with Gasteiger partial charge in [-0.15, -0.1) is 0 Å². The fourth-order valence-corrected chi connectivity index (χ4v) is 1.82. The van der Waals surface area contributed by atoms with E-state index in [9.17, 15) is 8.42 Å². The quantitative estimate of drug-likeness (QED) is 0.645. The van der Waals surface area contributed by atoms with Gasteiger partial charge in [-0.25, -0.2) is 0 Å². The molecule has 13 heavy (non-hydrogen) atoms. The molecule has 0 bridgehead atoms. The first-order valence-corrected chi connectivity index (χ1v) is 5.62. The van der Waals surface area contributed by atoms with Gasteiger partial charge in [0.25, 0.3) is 10.2 Å². The van der Waals surface area contributed by atoms with Crippen molar-refractivity contribution in [3.8, 4) is 0 Å². The Bertz CT molecular complexity index is 236. The molecule has 6 heteroatoms. The zero-order valence-corrected chi connectivity index (χ0v) is 9.30. The maximum Gasteiger partial charge on any atom is 0.279 e. The standard InChI is InChI=1S/C7H18N2O3S/c1-6(2)9(4)13(11,12)8-5-7(3)10/h6-8,10H,5H2,1-4H3/t7-/m1/s1. The highest BCUT2D eigenvalue weighted by Crippen LogP contribution is 2.00. The van der Waals surface area contributed by atoms with Crippen LogP contribution in [0.4, 0.5) is 0 Å². The summed E-state index contributed by atoms with van der Waals surface area (Å²) in [6.07, 6.45) is -0.671. The predicted molar refractivity (Wildman–Crippen MR) is 51.5 cm³/mol. The third kappa shape index (κ3) is 4.56. The second kappa shape index (κ2) is 4.90. The van der Waals surface area contributed by atoms with Crippen LogP contribution in [0.1, 0.15) is 20.8 Å². The summed E-state index contributed by atoms with van der Waals surface area (Å²) < 4.78 is 26.3. The van der Waals surface area contributed by atoms with Gasteiger partial charge in [-0.05, 0) is 20.8 Å². The lowest BCUT2D eigenvalue weighted by molar-refractivity contribution is 0.197. The van der Waals surface area contributed by atoms with E-state index in [0.717, 1.165) is 0 Å². The van der Waals surface area contributed by atoms with Crippen molar-refractivity contribution in [2.45, 2.75) is 32.9 Å². The zero-order chi connectivity index (χ0) is 10.6. The molecule has 0 amide bonds. The molecule has 1 atom stereocenters. The highest BCUT2D eigenvalue weighted by molar-refractivity contribution is 7.87. The molecule has 0 saturated carbocycles. The van der Waals surface area contributed by atoms with Crippen LogP contribution in [-0.2, 0) is 10.2 Å². The minimum atomic E-state index is -3.43. The normalized spacial score (nSPS) is 15.3. The zero-order valence-electron chi connectivity index (χ0n) is 8.48. The van der Waals surface area contributed by atoms with E-state index in [1.54, 1.807) is 13.8 Å². The lowest BCUT2D eigenvalue weighted by Gasteiger charge is -2.21. The summed E-state index contributed by atoms with van der Waals surface area (Å²) in [6.45, 7) is 5.13. The van der Waals surface area contributed by atoms with Gasteiger partial charge in [0.05, 0.1) is 6.10 Å². The maximum absolute atomic E-state index is 11.4. The molecule has 0 fully saturated rings. The number of nitrogens with zero attached hydrogens (tertiary/aromatic N) is 1. The molecule has 0 heterocycles. The maximum atomic E-state index is 11.4. The summed E-state index contributed by atoms with van der Waals surface area (Å²) in [6, 6.07) is -0.0912. The van der Waals surface area contributed by atoms with Gasteiger partial charge in [0, 0.05) is 19.6 Å². The highest BCUT2D eigenvalue weighted by Gasteiger charge is 2.19. The summed E-state index contributed by atoms with van der Waals surface area (Å²) in [5.74, 6) is 0. The molecular formula is C7H18N2O3S. The Morgan fingerprint density at radius 2 is 1.85 bits per heavy atom. The molecule has 0 aliphatic carbocycles. The van der Waals surface area contributed by atoms with Gasteiger partial charge in [0.15, 0.2) is 0 Å². The van der Waals surface area contributed by atoms with E-state index in [0.29, 0.717) is 0 Å². The Balaban J connectivity index is 4.24. The average molecular weight is 210 g/mol. The molecule has 0 radical (unpaired) electrons. The number of aliphatic hydroxyl groups excluding tert-OH is 1. The van der Waals surface area contributed by atoms with Crippen LogP contribution < -0.4 is 4.72 Å². The van der Waals surface area contributed by atoms with Crippen molar-refractivity contribution in [3.05, 3.63) is 0 Å². The smallest absolute Gasteiger partial charge is 0.279 e. The molecule has 0 aliphatic heterocycles. The van der Waals surface area contributed by atoms with Gasteiger partial charge in [0.2, 0.25) is 0 Å². The van der Waals surface area contributed by atoms with E-state index in [1.807, 2.05) is 0 Å². The van der Waals surface area contributed by atoms with Crippen LogP contribution in [0.15, 0.2) is 0 Å². The van der Waals surface area contributed by atoms with Gasteiger partial charge in [-0.1, -0.05) is 0 Å². The average Bonchev–Trinajstić information content (AvgIpc) is 1.99. The molecule has 0 aromatic heterocycles. The number of rotatable bonds is 5. The fraction of sp³-hybridized carbons (Fsp3) is 1.00. The number of hydrogen-bond donors (Lipinski definition) is 2. The first kappa shape index (κ1) is 12.8. The summed E-state index contributed by atoms with van der Waals surface area (Å²) >= 11 is 0. The van der Waals surface area contributed by atoms with Crippen LogP contribution in [0.2, 0.25) is 0 Å². The summed E-state index contributed by atoms with van der Waals surface area (Å²) in [4.78, 5) is 0. The van der Waals surface area contributed by atoms with E-state index in [2.05, 4.69) is 4.72 Å². The summed E-state index contributed by atoms with van der Waals surface area (Å²) in [7, 11) is -1.94. The first-order valence-electron chi connectivity index (χ1n) is 4.18. The monoisotopic (exact) mass is 210 g/mol. The van der Waals surface area contributed by atoms with E-state index >= 15 is 0 Å². The third-order valence-corrected chi connectivity index (χ3v) is 3.38. The van der Waals surface area contributed by atoms with Crippen molar-refractivity contribution in [1.29, 1.82) is 0 Å². The third-order valence-electron chi connectivity index (χ3n) is 1.67. The molecule has 0 spiro atoms. The molecule has 0 aromatic rings. The van der Waals surface area contributed by atoms with Crippen LogP contribution >= 0.6 is 0 Å². The number of aliphatic hydroxyl groups is 1. The van der Waals surface area contributed by atoms with Crippen LogP contribution in [0.5, 0.6) is 0 Å². The van der Waals surface area contributed by atoms with Crippen molar-refractivity contribution in [3.63, 3.8) is 0 Å². The Kier molecular flexibility index (Phi) is 4.83. The van der Waals surface area contributed by atoms with Gasteiger partial charge in [0.1, 0.15) is 0 Å². The summed E-state index contributed by atoms with van der Waals surface area (Å²) in [5.41, 5.74) is 0. The first-order chi connectivity index (χ1) is 5.77. The lowest BCUT2D eigenvalue weighted by atomic mass is 10.4. The van der Waals surface area contributed by atoms with Gasteiger partial charge in [-0.3, -0.25) is 0 Å². The van der Waals surface area contributed by atoms with Crippen molar-refractivity contribution < 1.29 is 13.5 Å². The second-order valence-corrected chi connectivity index (χ2v) is 5.13. The van der Waals surface area contributed by atoms with E-state index in [-0.39, 0.29) is 12.6 Å². The molecule has 5 nitrogen and oxygen atoms in total. The SMILES string of the molecule is CC(C)N(C)S(=O)(=O)NC[C@@H](C)O. The van der Waals surface area contributed by atoms with Gasteiger partial charge >= 0.3 is 0 Å². The van der Waals surface area contributed by atoms with Crippen LogP contribution in [0.3, 0.4) is 0 Å². The predicted octanol–water partition coefficient (Wildman–Crippen LogP) is -0.458. The molecule has 0 saturated heterocycles. The topological polar surface area (TPSA) is 69.6 Å². The molecule has 80 valence electrons. The largest absolute Gasteiger partial charge is 0.392 e. The van der Waals surface area contributed by atoms with Gasteiger partial charge in [-0.2, -0.15) is 17.4 Å². The van der Waals surface area contributed by atoms with Crippen LogP contribution in [0.25, 0.3) is 0 Å². The van der Waals surface area contributed by atoms with Crippen molar-refractivity contribution in [1.82, 2.24) is 9.03 Å². The van der Waals surface area contributed by atoms with E-state index in [1.165, 1.54) is 18.3 Å². The van der Waals surface area contributed by atoms with E-state index in [4.69, 9.17) is 5.11 Å². The molecule has 2 N–H and O–H groups in total. The minimum Gasteiger partial charge on any atom is -0.392 e. The Morgan fingerprint density at radius 1 is 1.38 bits per heavy atom. The van der Waals surface area contributed by atoms with Crippen molar-refractivity contribution in [2.75, 3.05) is 13.6 Å². The Labute approximate surface area is 79.9 Å². The van der Waals surface area contributed by atoms with Crippen molar-refractivity contribution in [2.24, 2.45) is 0 Å². The molecule has 0 unspecified atom stereocenters. The van der Waals surface area contributed by atoms with E-state index < -0.39 is 16.3 Å². The fourth-order valence-electron chi connectivity index (χ4n) is 0.605. The van der Waals surface area contributed by atoms with Crippen molar-refractivity contribution >= 4 is 10.2 Å². The lowest BCUT2D eigenvalue weighted by Crippen LogP contribution is -2.43. The second-order valence-electron chi connectivity index (χ2n) is 3.31. The van der Waals surface area contributed by atoms with Crippen LogP contribution in [0, 0.1) is 0 Å².